The lowest BCUT2D eigenvalue weighted by molar-refractivity contribution is 0.102. The summed E-state index contributed by atoms with van der Waals surface area (Å²) in [5.74, 6) is -0.224. The third-order valence-corrected chi connectivity index (χ3v) is 9.33. The molecule has 6 heteroatoms. The summed E-state index contributed by atoms with van der Waals surface area (Å²) in [4.78, 5) is 26.7. The number of amides is 2. The van der Waals surface area contributed by atoms with Crippen LogP contribution in [-0.2, 0) is 5.41 Å². The van der Waals surface area contributed by atoms with Crippen molar-refractivity contribution in [2.45, 2.75) is 5.41 Å². The fraction of sp³-hybridized carbons (Fsp3) is 0.0286. The van der Waals surface area contributed by atoms with Crippen molar-refractivity contribution in [3.8, 4) is 11.1 Å². The van der Waals surface area contributed by atoms with Crippen molar-refractivity contribution >= 4 is 45.9 Å². The van der Waals surface area contributed by atoms with Crippen molar-refractivity contribution in [3.63, 3.8) is 0 Å². The second kappa shape index (κ2) is 10.3. The maximum Gasteiger partial charge on any atom is 0.265 e. The molecular weight excluding hydrogens is 545 g/mol. The van der Waals surface area contributed by atoms with E-state index in [1.165, 1.54) is 44.9 Å². The summed E-state index contributed by atoms with van der Waals surface area (Å²) in [6, 6.07) is 40.8. The molecule has 2 aromatic heterocycles. The van der Waals surface area contributed by atoms with Crippen LogP contribution in [0, 0.1) is 0 Å². The lowest BCUT2D eigenvalue weighted by atomic mass is 9.67. The average Bonchev–Trinajstić information content (AvgIpc) is 3.79. The number of carbonyl (C=O) groups excluding carboxylic acids is 2. The molecule has 7 rings (SSSR count). The SMILES string of the molecule is O=C(Nc1ccc(C2(c3ccc(NC(=O)c4cccs4)cc3)c3ccccc3-c3ccccc32)cc1)c1cccs1. The number of benzene rings is 4. The first-order valence-corrected chi connectivity index (χ1v) is 15.0. The molecule has 6 aromatic rings. The van der Waals surface area contributed by atoms with Crippen LogP contribution in [0.1, 0.15) is 41.6 Å². The average molecular weight is 569 g/mol. The molecule has 0 spiro atoms. The minimum atomic E-state index is -0.570. The van der Waals surface area contributed by atoms with E-state index >= 15 is 0 Å². The molecule has 198 valence electrons. The van der Waals surface area contributed by atoms with Gasteiger partial charge in [-0.25, -0.2) is 0 Å². The third-order valence-electron chi connectivity index (χ3n) is 7.59. The fourth-order valence-corrected chi connectivity index (χ4v) is 7.07. The van der Waals surface area contributed by atoms with Gasteiger partial charge in [0.1, 0.15) is 0 Å². The highest BCUT2D eigenvalue weighted by molar-refractivity contribution is 7.12. The molecule has 2 heterocycles. The van der Waals surface area contributed by atoms with Crippen LogP contribution in [0.5, 0.6) is 0 Å². The zero-order valence-corrected chi connectivity index (χ0v) is 23.5. The number of hydrogen-bond acceptors (Lipinski definition) is 4. The van der Waals surface area contributed by atoms with Crippen molar-refractivity contribution in [1.82, 2.24) is 0 Å². The zero-order chi connectivity index (χ0) is 27.8. The van der Waals surface area contributed by atoms with Crippen LogP contribution < -0.4 is 10.6 Å². The van der Waals surface area contributed by atoms with Crippen molar-refractivity contribution in [1.29, 1.82) is 0 Å². The van der Waals surface area contributed by atoms with Crippen LogP contribution in [0.15, 0.2) is 132 Å². The van der Waals surface area contributed by atoms with E-state index in [1.54, 1.807) is 0 Å². The van der Waals surface area contributed by atoms with E-state index in [0.717, 1.165) is 22.5 Å². The third kappa shape index (κ3) is 4.29. The summed E-state index contributed by atoms with van der Waals surface area (Å²) in [6.45, 7) is 0. The predicted octanol–water partition coefficient (Wildman–Crippen LogP) is 8.68. The highest BCUT2D eigenvalue weighted by Gasteiger charge is 2.45. The summed E-state index contributed by atoms with van der Waals surface area (Å²) in [6.07, 6.45) is 0. The summed E-state index contributed by atoms with van der Waals surface area (Å²) in [5.41, 5.74) is 7.92. The van der Waals surface area contributed by atoms with Gasteiger partial charge in [0, 0.05) is 11.4 Å². The monoisotopic (exact) mass is 568 g/mol. The minimum absolute atomic E-state index is 0.112. The molecule has 1 aliphatic carbocycles. The van der Waals surface area contributed by atoms with E-state index in [2.05, 4.69) is 83.4 Å². The highest BCUT2D eigenvalue weighted by Crippen LogP contribution is 2.56. The molecule has 0 saturated heterocycles. The van der Waals surface area contributed by atoms with Gasteiger partial charge in [-0.2, -0.15) is 0 Å². The molecule has 2 N–H and O–H groups in total. The maximum atomic E-state index is 12.7. The molecule has 0 fully saturated rings. The molecule has 0 unspecified atom stereocenters. The Balaban J connectivity index is 1.32. The first-order chi connectivity index (χ1) is 20.1. The van der Waals surface area contributed by atoms with E-state index in [-0.39, 0.29) is 11.8 Å². The Kier molecular flexibility index (Phi) is 6.34. The van der Waals surface area contributed by atoms with Gasteiger partial charge in [-0.05, 0) is 80.5 Å². The summed E-state index contributed by atoms with van der Waals surface area (Å²) in [5, 5.41) is 9.84. The summed E-state index contributed by atoms with van der Waals surface area (Å²) >= 11 is 2.84. The van der Waals surface area contributed by atoms with Gasteiger partial charge in [-0.15, -0.1) is 22.7 Å². The lowest BCUT2D eigenvalue weighted by Crippen LogP contribution is -2.28. The first-order valence-electron chi connectivity index (χ1n) is 13.2. The Morgan fingerprint density at radius 1 is 0.488 bits per heavy atom. The molecule has 0 radical (unpaired) electrons. The Morgan fingerprint density at radius 2 is 0.902 bits per heavy atom. The molecule has 4 nitrogen and oxygen atoms in total. The largest absolute Gasteiger partial charge is 0.321 e. The van der Waals surface area contributed by atoms with Crippen LogP contribution in [-0.4, -0.2) is 11.8 Å². The minimum Gasteiger partial charge on any atom is -0.321 e. The molecular formula is C35H24N2O2S2. The topological polar surface area (TPSA) is 58.2 Å². The number of fused-ring (bicyclic) bond motifs is 3. The molecule has 0 saturated carbocycles. The van der Waals surface area contributed by atoms with E-state index in [0.29, 0.717) is 9.75 Å². The fourth-order valence-electron chi connectivity index (χ4n) is 5.83. The molecule has 4 aromatic carbocycles. The molecule has 0 aliphatic heterocycles. The van der Waals surface area contributed by atoms with Crippen LogP contribution in [0.25, 0.3) is 11.1 Å². The second-order valence-electron chi connectivity index (χ2n) is 9.86. The smallest absolute Gasteiger partial charge is 0.265 e. The van der Waals surface area contributed by atoms with E-state index in [9.17, 15) is 9.59 Å². The Bertz CT molecular complexity index is 1720. The molecule has 0 atom stereocenters. The number of carbonyl (C=O) groups is 2. The number of anilines is 2. The highest BCUT2D eigenvalue weighted by atomic mass is 32.1. The summed E-state index contributed by atoms with van der Waals surface area (Å²) < 4.78 is 0. The van der Waals surface area contributed by atoms with Gasteiger partial charge in [0.15, 0.2) is 0 Å². The van der Waals surface area contributed by atoms with E-state index in [4.69, 9.17) is 0 Å². The van der Waals surface area contributed by atoms with Gasteiger partial charge in [0.25, 0.3) is 11.8 Å². The molecule has 0 bridgehead atoms. The van der Waals surface area contributed by atoms with Crippen LogP contribution in [0.2, 0.25) is 0 Å². The van der Waals surface area contributed by atoms with Crippen LogP contribution >= 0.6 is 22.7 Å². The maximum absolute atomic E-state index is 12.7. The molecule has 1 aliphatic rings. The number of nitrogens with one attached hydrogen (secondary N) is 2. The molecule has 41 heavy (non-hydrogen) atoms. The first kappa shape index (κ1) is 25.2. The van der Waals surface area contributed by atoms with Crippen molar-refractivity contribution in [2.75, 3.05) is 10.6 Å². The number of rotatable bonds is 6. The van der Waals surface area contributed by atoms with Gasteiger partial charge < -0.3 is 10.6 Å². The van der Waals surface area contributed by atoms with Crippen molar-refractivity contribution in [2.24, 2.45) is 0 Å². The Morgan fingerprint density at radius 3 is 1.29 bits per heavy atom. The lowest BCUT2D eigenvalue weighted by Gasteiger charge is -2.34. The second-order valence-corrected chi connectivity index (χ2v) is 11.8. The van der Waals surface area contributed by atoms with E-state index in [1.807, 2.05) is 59.3 Å². The number of thiophene rings is 2. The van der Waals surface area contributed by atoms with Gasteiger partial charge in [0.2, 0.25) is 0 Å². The zero-order valence-electron chi connectivity index (χ0n) is 21.8. The van der Waals surface area contributed by atoms with Crippen molar-refractivity contribution < 1.29 is 9.59 Å². The van der Waals surface area contributed by atoms with Gasteiger partial charge in [0.05, 0.1) is 15.2 Å². The van der Waals surface area contributed by atoms with Gasteiger partial charge >= 0.3 is 0 Å². The number of hydrogen-bond donors (Lipinski definition) is 2. The standard InChI is InChI=1S/C35H24N2O2S2/c38-33(31-11-5-21-40-31)36-25-17-13-23(14-18-25)35(29-9-3-1-7-27(29)28-8-2-4-10-30(28)35)24-15-19-26(20-16-24)37-34(39)32-12-6-22-41-32/h1-22H,(H,36,38)(H,37,39). The predicted molar refractivity (Wildman–Crippen MR) is 168 cm³/mol. The Labute approximate surface area is 246 Å². The van der Waals surface area contributed by atoms with Crippen molar-refractivity contribution in [3.05, 3.63) is 164 Å². The summed E-state index contributed by atoms with van der Waals surface area (Å²) in [7, 11) is 0. The van der Waals surface area contributed by atoms with E-state index < -0.39 is 5.41 Å². The van der Waals surface area contributed by atoms with Crippen LogP contribution in [0.3, 0.4) is 0 Å². The van der Waals surface area contributed by atoms with Gasteiger partial charge in [-0.3, -0.25) is 9.59 Å². The van der Waals surface area contributed by atoms with Gasteiger partial charge in [-0.1, -0.05) is 84.9 Å². The quantitative estimate of drug-likeness (QED) is 0.211. The van der Waals surface area contributed by atoms with Crippen LogP contribution in [0.4, 0.5) is 11.4 Å². The Hall–Kier alpha value is -4.78. The normalized spacial score (nSPS) is 12.8. The molecule has 2 amide bonds.